The van der Waals surface area contributed by atoms with Crippen molar-refractivity contribution in [3.05, 3.63) is 60.4 Å². The lowest BCUT2D eigenvalue weighted by Crippen LogP contribution is -2.40. The number of ether oxygens (including phenoxy) is 1. The van der Waals surface area contributed by atoms with Crippen molar-refractivity contribution in [2.75, 3.05) is 31.6 Å². The second-order valence-electron chi connectivity index (χ2n) is 5.86. The highest BCUT2D eigenvalue weighted by Gasteiger charge is 2.13. The van der Waals surface area contributed by atoms with Crippen LogP contribution in [-0.4, -0.2) is 41.2 Å². The molecule has 2 heterocycles. The molecule has 2 N–H and O–H groups in total. The molecule has 2 aromatic rings. The topological polar surface area (TPSA) is 53.2 Å². The number of nitrogens with one attached hydrogen (secondary N) is 2. The lowest BCUT2D eigenvalue weighted by molar-refractivity contribution is 0.0629. The minimum absolute atomic E-state index is 0.757. The zero-order chi connectivity index (χ0) is 17.6. The highest BCUT2D eigenvalue weighted by molar-refractivity contribution is 5.61. The summed E-state index contributed by atoms with van der Waals surface area (Å²) in [5.74, 6) is 0.848. The summed E-state index contributed by atoms with van der Waals surface area (Å²) < 4.78 is 5.45. The Morgan fingerprint density at radius 2 is 1.96 bits per heavy atom. The smallest absolute Gasteiger partial charge is 0.138 e. The van der Waals surface area contributed by atoms with Crippen molar-refractivity contribution in [1.29, 1.82) is 0 Å². The van der Waals surface area contributed by atoms with Crippen LogP contribution in [0.2, 0.25) is 0 Å². The summed E-state index contributed by atoms with van der Waals surface area (Å²) in [5.41, 5.74) is 3.19. The molecular formula is C20H24N4O. The van der Waals surface area contributed by atoms with E-state index in [2.05, 4.69) is 35.3 Å². The van der Waals surface area contributed by atoms with Crippen molar-refractivity contribution >= 4 is 17.5 Å². The number of aromatic amines is 1. The van der Waals surface area contributed by atoms with Gasteiger partial charge in [-0.2, -0.15) is 0 Å². The summed E-state index contributed by atoms with van der Waals surface area (Å²) in [6, 6.07) is 8.09. The van der Waals surface area contributed by atoms with Crippen LogP contribution in [-0.2, 0) is 4.74 Å². The molecule has 5 heteroatoms. The van der Waals surface area contributed by atoms with E-state index in [0.717, 1.165) is 59.8 Å². The summed E-state index contributed by atoms with van der Waals surface area (Å²) in [6.07, 6.45) is 5.41. The van der Waals surface area contributed by atoms with E-state index in [4.69, 9.17) is 9.72 Å². The first-order valence-corrected chi connectivity index (χ1v) is 8.43. The number of rotatable bonds is 5. The zero-order valence-electron chi connectivity index (χ0n) is 14.6. The van der Waals surface area contributed by atoms with Gasteiger partial charge in [-0.25, -0.2) is 4.98 Å². The molecule has 5 nitrogen and oxygen atoms in total. The quantitative estimate of drug-likeness (QED) is 0.878. The number of anilines is 1. The molecule has 0 radical (unpaired) electrons. The number of imidazole rings is 1. The van der Waals surface area contributed by atoms with Crippen LogP contribution in [0, 0.1) is 0 Å². The Morgan fingerprint density at radius 3 is 2.60 bits per heavy atom. The maximum Gasteiger partial charge on any atom is 0.138 e. The molecule has 0 amide bonds. The molecule has 1 aliphatic rings. The van der Waals surface area contributed by atoms with Crippen molar-refractivity contribution in [2.24, 2.45) is 0 Å². The lowest BCUT2D eigenvalue weighted by Gasteiger charge is -2.28. The Kier molecular flexibility index (Phi) is 5.36. The molecule has 0 atom stereocenters. The minimum atomic E-state index is 0.757. The third-order valence-corrected chi connectivity index (χ3v) is 4.27. The molecule has 0 saturated carbocycles. The Morgan fingerprint density at radius 1 is 1.24 bits per heavy atom. The molecule has 1 aromatic carbocycles. The van der Waals surface area contributed by atoms with Crippen LogP contribution in [0.25, 0.3) is 23.2 Å². The van der Waals surface area contributed by atoms with E-state index in [1.165, 1.54) is 0 Å². The number of allylic oxidation sites excluding steroid dienone is 1. The Balaban J connectivity index is 2.04. The third-order valence-electron chi connectivity index (χ3n) is 4.27. The summed E-state index contributed by atoms with van der Waals surface area (Å²) >= 11 is 0. The molecule has 25 heavy (non-hydrogen) atoms. The monoisotopic (exact) mass is 336 g/mol. The number of morpholine rings is 1. The fourth-order valence-corrected chi connectivity index (χ4v) is 2.93. The van der Waals surface area contributed by atoms with E-state index in [-0.39, 0.29) is 0 Å². The molecule has 1 aromatic heterocycles. The minimum Gasteiger partial charge on any atom is -0.378 e. The Labute approximate surface area is 148 Å². The lowest BCUT2D eigenvalue weighted by atomic mass is 10.2. The average molecular weight is 336 g/mol. The highest BCUT2D eigenvalue weighted by atomic mass is 16.5. The molecular weight excluding hydrogens is 312 g/mol. The molecule has 130 valence electrons. The van der Waals surface area contributed by atoms with E-state index in [0.29, 0.717) is 0 Å². The number of H-pyrrole nitrogens is 1. The number of hydrogen-bond donors (Lipinski definition) is 2. The van der Waals surface area contributed by atoms with Gasteiger partial charge in [-0.05, 0) is 43.5 Å². The SMILES string of the molecule is C=C/C=c1/[nH]c(-c2ccc(NC=C)cc2)n/c1=C(/C)N1CCOCC1. The summed E-state index contributed by atoms with van der Waals surface area (Å²) in [6.45, 7) is 12.9. The van der Waals surface area contributed by atoms with Crippen LogP contribution < -0.4 is 16.0 Å². The van der Waals surface area contributed by atoms with Gasteiger partial charge in [-0.1, -0.05) is 19.2 Å². The van der Waals surface area contributed by atoms with Gasteiger partial charge in [0, 0.05) is 30.0 Å². The van der Waals surface area contributed by atoms with Gasteiger partial charge >= 0.3 is 0 Å². The van der Waals surface area contributed by atoms with Crippen LogP contribution in [0.5, 0.6) is 0 Å². The average Bonchev–Trinajstić information content (AvgIpc) is 3.07. The van der Waals surface area contributed by atoms with Gasteiger partial charge in [-0.15, -0.1) is 0 Å². The van der Waals surface area contributed by atoms with Gasteiger partial charge in [0.25, 0.3) is 0 Å². The highest BCUT2D eigenvalue weighted by Crippen LogP contribution is 2.16. The zero-order valence-corrected chi connectivity index (χ0v) is 14.6. The molecule has 3 rings (SSSR count). The van der Waals surface area contributed by atoms with Crippen molar-refractivity contribution in [3.63, 3.8) is 0 Å². The number of hydrogen-bond acceptors (Lipinski definition) is 4. The fraction of sp³-hybridized carbons (Fsp3) is 0.250. The van der Waals surface area contributed by atoms with Crippen molar-refractivity contribution < 1.29 is 4.74 Å². The second kappa shape index (κ2) is 7.85. The van der Waals surface area contributed by atoms with Crippen molar-refractivity contribution in [3.8, 4) is 11.4 Å². The van der Waals surface area contributed by atoms with Gasteiger partial charge in [-0.3, -0.25) is 0 Å². The van der Waals surface area contributed by atoms with Crippen LogP contribution in [0.1, 0.15) is 6.92 Å². The maximum atomic E-state index is 5.45. The largest absolute Gasteiger partial charge is 0.378 e. The molecule has 0 spiro atoms. The van der Waals surface area contributed by atoms with Crippen molar-refractivity contribution in [1.82, 2.24) is 14.9 Å². The van der Waals surface area contributed by atoms with Crippen LogP contribution in [0.4, 0.5) is 5.69 Å². The van der Waals surface area contributed by atoms with Crippen LogP contribution >= 0.6 is 0 Å². The molecule has 0 aliphatic carbocycles. The van der Waals surface area contributed by atoms with Gasteiger partial charge in [0.2, 0.25) is 0 Å². The molecule has 0 bridgehead atoms. The molecule has 0 unspecified atom stereocenters. The number of aromatic nitrogens is 2. The van der Waals surface area contributed by atoms with Gasteiger partial charge in [0.05, 0.1) is 18.6 Å². The normalized spacial score (nSPS) is 16.5. The third kappa shape index (κ3) is 3.83. The van der Waals surface area contributed by atoms with Crippen LogP contribution in [0.15, 0.2) is 49.7 Å². The van der Waals surface area contributed by atoms with Gasteiger partial charge < -0.3 is 19.9 Å². The summed E-state index contributed by atoms with van der Waals surface area (Å²) in [7, 11) is 0. The van der Waals surface area contributed by atoms with E-state index >= 15 is 0 Å². The fourth-order valence-electron chi connectivity index (χ4n) is 2.93. The first-order valence-electron chi connectivity index (χ1n) is 8.43. The first-order chi connectivity index (χ1) is 12.2. The number of benzene rings is 1. The predicted molar refractivity (Wildman–Crippen MR) is 103 cm³/mol. The summed E-state index contributed by atoms with van der Waals surface area (Å²) in [4.78, 5) is 10.6. The van der Waals surface area contributed by atoms with E-state index in [1.54, 1.807) is 12.3 Å². The Bertz CT molecular complexity index is 858. The predicted octanol–water partition coefficient (Wildman–Crippen LogP) is 2.06. The summed E-state index contributed by atoms with van der Waals surface area (Å²) in [5, 5.41) is 5.01. The van der Waals surface area contributed by atoms with Crippen LogP contribution in [0.3, 0.4) is 0 Å². The number of nitrogens with zero attached hydrogens (tertiary/aromatic N) is 2. The maximum absolute atomic E-state index is 5.45. The molecule has 1 saturated heterocycles. The van der Waals surface area contributed by atoms with E-state index < -0.39 is 0 Å². The molecule has 1 fully saturated rings. The Hall–Kier alpha value is -2.79. The van der Waals surface area contributed by atoms with E-state index in [9.17, 15) is 0 Å². The standard InChI is InChI=1S/C20H24N4O/c1-4-6-18-19(15(3)24-11-13-25-14-12-24)23-20(22-18)16-7-9-17(10-8-16)21-5-2/h4-10,21H,1-2,11-14H2,3H3,(H,22,23)/b18-6+,19-15-. The molecule has 1 aliphatic heterocycles. The first kappa shape index (κ1) is 17.0. The second-order valence-corrected chi connectivity index (χ2v) is 5.86. The van der Waals surface area contributed by atoms with Gasteiger partial charge in [0.1, 0.15) is 11.2 Å². The van der Waals surface area contributed by atoms with E-state index in [1.807, 2.05) is 30.3 Å². The van der Waals surface area contributed by atoms with Crippen molar-refractivity contribution in [2.45, 2.75) is 6.92 Å². The van der Waals surface area contributed by atoms with Gasteiger partial charge in [0.15, 0.2) is 0 Å².